The first-order chi connectivity index (χ1) is 18.9. The molecule has 2 aromatic carbocycles. The molecule has 0 saturated heterocycles. The molecule has 0 radical (unpaired) electrons. The molecule has 8 nitrogen and oxygen atoms in total. The smallest absolute Gasteiger partial charge is 0.747 e. The number of rotatable bonds is 13. The van der Waals surface area contributed by atoms with Crippen LogP contribution in [0.15, 0.2) is 48.5 Å². The third-order valence-corrected chi connectivity index (χ3v) is 8.76. The Balaban J connectivity index is 0.00000924. The van der Waals surface area contributed by atoms with Crippen LogP contribution >= 0.6 is 0 Å². The fourth-order valence-corrected chi connectivity index (χ4v) is 5.47. The van der Waals surface area contributed by atoms with Crippen molar-refractivity contribution < 1.29 is 130 Å². The Bertz CT molecular complexity index is 1430. The van der Waals surface area contributed by atoms with Gasteiger partial charge in [0, 0.05) is 22.3 Å². The molecule has 0 N–H and O–H groups in total. The van der Waals surface area contributed by atoms with Crippen LogP contribution in [0, 0.1) is 0 Å². The number of benzene rings is 2. The average Bonchev–Trinajstić information content (AvgIpc) is 2.87. The van der Waals surface area contributed by atoms with Gasteiger partial charge < -0.3 is 9.11 Å². The van der Waals surface area contributed by atoms with Crippen LogP contribution in [0.1, 0.15) is 58.5 Å². The molecule has 2 rings (SSSR count). The summed E-state index contributed by atoms with van der Waals surface area (Å²) >= 11 is 0. The SMILES string of the molecule is CCC(C(=O)c1ccc(C(F)(F)C(F)(F)C(F)(F)C(F)(F)c2ccc(C(=O)C(CC)S(=O)(=O)[O-])cc2)cc1)S(=O)(=O)[O-].[Na+].[Na+]. The van der Waals surface area contributed by atoms with Gasteiger partial charge in [-0.2, -0.15) is 35.1 Å². The summed E-state index contributed by atoms with van der Waals surface area (Å²) in [6.45, 7) is 2.24. The van der Waals surface area contributed by atoms with E-state index in [-0.39, 0.29) is 83.4 Å². The predicted octanol–water partition coefficient (Wildman–Crippen LogP) is -1.14. The number of halogens is 8. The van der Waals surface area contributed by atoms with Crippen molar-refractivity contribution in [3.8, 4) is 0 Å². The third-order valence-electron chi connectivity index (χ3n) is 6.27. The van der Waals surface area contributed by atoms with Gasteiger partial charge in [0.1, 0.15) is 30.7 Å². The summed E-state index contributed by atoms with van der Waals surface area (Å²) in [6.07, 6.45) is -1.10. The van der Waals surface area contributed by atoms with E-state index in [0.717, 1.165) is 13.8 Å². The molecule has 0 aliphatic carbocycles. The largest absolute Gasteiger partial charge is 1.00 e. The van der Waals surface area contributed by atoms with Crippen LogP contribution in [0.25, 0.3) is 0 Å². The molecule has 0 bridgehead atoms. The monoisotopic (exact) mass is 698 g/mol. The van der Waals surface area contributed by atoms with Crippen LogP contribution in [-0.4, -0.2) is 59.9 Å². The van der Waals surface area contributed by atoms with E-state index in [2.05, 4.69) is 0 Å². The number of Topliss-reactive ketones (excluding diaryl/α,β-unsaturated/α-hetero) is 2. The molecule has 0 aromatic heterocycles. The summed E-state index contributed by atoms with van der Waals surface area (Å²) in [5.74, 6) is -28.5. The van der Waals surface area contributed by atoms with Crippen LogP contribution in [0.3, 0.4) is 0 Å². The zero-order chi connectivity index (χ0) is 32.7. The minimum Gasteiger partial charge on any atom is -0.747 e. The van der Waals surface area contributed by atoms with E-state index >= 15 is 0 Å². The van der Waals surface area contributed by atoms with Gasteiger partial charge in [0.15, 0.2) is 11.6 Å². The maximum absolute atomic E-state index is 14.7. The molecule has 2 atom stereocenters. The Morgan fingerprint density at radius 2 is 0.818 bits per heavy atom. The molecule has 0 spiro atoms. The van der Waals surface area contributed by atoms with Crippen molar-refractivity contribution in [1.82, 2.24) is 0 Å². The number of hydrogen-bond acceptors (Lipinski definition) is 8. The van der Waals surface area contributed by atoms with E-state index in [0.29, 0.717) is 24.3 Å². The Morgan fingerprint density at radius 3 is 1.00 bits per heavy atom. The van der Waals surface area contributed by atoms with E-state index in [1.165, 1.54) is 0 Å². The van der Waals surface area contributed by atoms with E-state index in [1.807, 2.05) is 0 Å². The molecule has 0 fully saturated rings. The Labute approximate surface area is 291 Å². The molecule has 0 aliphatic heterocycles. The van der Waals surface area contributed by atoms with Crippen molar-refractivity contribution in [2.24, 2.45) is 0 Å². The fourth-order valence-electron chi connectivity index (χ4n) is 3.86. The molecule has 20 heteroatoms. The molecule has 0 aliphatic rings. The summed E-state index contributed by atoms with van der Waals surface area (Å²) in [5.41, 5.74) is -5.43. The van der Waals surface area contributed by atoms with Crippen LogP contribution in [0.5, 0.6) is 0 Å². The topological polar surface area (TPSA) is 149 Å². The molecule has 2 aromatic rings. The van der Waals surface area contributed by atoms with E-state index in [1.54, 1.807) is 0 Å². The summed E-state index contributed by atoms with van der Waals surface area (Å²) < 4.78 is 184. The normalized spacial score (nSPS) is 14.5. The average molecular weight is 699 g/mol. The molecule has 234 valence electrons. The minimum absolute atomic E-state index is 0. The van der Waals surface area contributed by atoms with Crippen LogP contribution in [-0.2, 0) is 32.1 Å². The maximum atomic E-state index is 14.7. The molecule has 2 unspecified atom stereocenters. The summed E-state index contributed by atoms with van der Waals surface area (Å²) in [6, 6.07) is 1.28. The van der Waals surface area contributed by atoms with Gasteiger partial charge in [-0.25, -0.2) is 16.8 Å². The van der Waals surface area contributed by atoms with E-state index in [9.17, 15) is 70.7 Å². The zero-order valence-electron chi connectivity index (χ0n) is 23.3. The Hall–Kier alpha value is -0.960. The third kappa shape index (κ3) is 8.12. The number of hydrogen-bond donors (Lipinski definition) is 0. The van der Waals surface area contributed by atoms with Gasteiger partial charge in [0.05, 0.1) is 0 Å². The van der Waals surface area contributed by atoms with Gasteiger partial charge in [-0.1, -0.05) is 62.4 Å². The van der Waals surface area contributed by atoms with Gasteiger partial charge >= 0.3 is 82.8 Å². The van der Waals surface area contributed by atoms with Crippen molar-refractivity contribution in [2.45, 2.75) is 60.9 Å². The first kappa shape index (κ1) is 43.0. The van der Waals surface area contributed by atoms with Crippen molar-refractivity contribution in [3.05, 3.63) is 70.8 Å². The first-order valence-corrected chi connectivity index (χ1v) is 14.5. The second kappa shape index (κ2) is 14.9. The maximum Gasteiger partial charge on any atom is 1.00 e. The van der Waals surface area contributed by atoms with Crippen molar-refractivity contribution in [3.63, 3.8) is 0 Å². The second-order valence-electron chi connectivity index (χ2n) is 8.96. The van der Waals surface area contributed by atoms with Crippen molar-refractivity contribution in [1.29, 1.82) is 0 Å². The van der Waals surface area contributed by atoms with Crippen LogP contribution in [0.4, 0.5) is 35.1 Å². The number of alkyl halides is 8. The zero-order valence-corrected chi connectivity index (χ0v) is 28.9. The van der Waals surface area contributed by atoms with E-state index in [4.69, 9.17) is 0 Å². The van der Waals surface area contributed by atoms with Crippen molar-refractivity contribution >= 4 is 31.8 Å². The minimum atomic E-state index is -6.82. The quantitative estimate of drug-likeness (QED) is 0.110. The first-order valence-electron chi connectivity index (χ1n) is 11.6. The molecule has 0 saturated carbocycles. The van der Waals surface area contributed by atoms with Crippen LogP contribution < -0.4 is 59.1 Å². The second-order valence-corrected chi connectivity index (χ2v) is 12.1. The van der Waals surface area contributed by atoms with Gasteiger partial charge in [-0.15, -0.1) is 0 Å². The number of carbonyl (C=O) groups excluding carboxylic acids is 2. The molecular weight excluding hydrogens is 678 g/mol. The fraction of sp³-hybridized carbons (Fsp3) is 0.417. The number of carbonyl (C=O) groups is 2. The Kier molecular flexibility index (Phi) is 14.5. The van der Waals surface area contributed by atoms with Gasteiger partial charge in [-0.3, -0.25) is 9.59 Å². The predicted molar refractivity (Wildman–Crippen MR) is 127 cm³/mol. The Morgan fingerprint density at radius 1 is 0.591 bits per heavy atom. The van der Waals surface area contributed by atoms with E-state index < -0.39 is 101 Å². The molecule has 44 heavy (non-hydrogen) atoms. The summed E-state index contributed by atoms with van der Waals surface area (Å²) in [4.78, 5) is 24.4. The van der Waals surface area contributed by atoms with Gasteiger partial charge in [-0.05, 0) is 12.8 Å². The van der Waals surface area contributed by atoms with Crippen LogP contribution in [0.2, 0.25) is 0 Å². The molecule has 0 amide bonds. The van der Waals surface area contributed by atoms with Crippen molar-refractivity contribution in [2.75, 3.05) is 0 Å². The van der Waals surface area contributed by atoms with Gasteiger partial charge in [0.25, 0.3) is 0 Å². The van der Waals surface area contributed by atoms with Gasteiger partial charge in [0.2, 0.25) is 0 Å². The molecular formula is C24H20F8Na2O8S2. The standard InChI is InChI=1S/C24H22F8O8S2.2Na/c1-3-17(41(35,36)37)19(33)13-5-9-15(10-6-13)21(25,26)23(29,30)24(31,32)22(27,28)16-11-7-14(8-12-16)20(34)18(4-2)42(38,39)40;;/h5-12,17-18H,3-4H2,1-2H3,(H,35,36,37)(H,38,39,40);;/q;2*+1/p-2. The molecule has 0 heterocycles. The summed E-state index contributed by atoms with van der Waals surface area (Å²) in [5, 5.41) is -4.35. The number of ketones is 2. The summed E-state index contributed by atoms with van der Waals surface area (Å²) in [7, 11) is -10.4.